The molecule has 0 bridgehead atoms. The van der Waals surface area contributed by atoms with Crippen LogP contribution >= 0.6 is 0 Å². The molecule has 108 valence electrons. The van der Waals surface area contributed by atoms with Crippen molar-refractivity contribution in [2.24, 2.45) is 0 Å². The van der Waals surface area contributed by atoms with Crippen molar-refractivity contribution in [2.75, 3.05) is 17.7 Å². The number of nitrogens with zero attached hydrogens (tertiary/aromatic N) is 2. The van der Waals surface area contributed by atoms with Crippen LogP contribution in [0.5, 0.6) is 0 Å². The van der Waals surface area contributed by atoms with Gasteiger partial charge in [-0.2, -0.15) is 0 Å². The zero-order valence-corrected chi connectivity index (χ0v) is 11.7. The SMILES string of the molecule is CNc1ccc([N+](=O)[O-])c(Nc2ccc3c(c2)CCC3)n1. The second-order valence-corrected chi connectivity index (χ2v) is 5.03. The number of pyridine rings is 1. The summed E-state index contributed by atoms with van der Waals surface area (Å²) in [5, 5.41) is 17.1. The van der Waals surface area contributed by atoms with Crippen LogP contribution in [-0.2, 0) is 12.8 Å². The van der Waals surface area contributed by atoms with E-state index in [0.29, 0.717) is 5.82 Å². The first-order chi connectivity index (χ1) is 10.2. The Balaban J connectivity index is 1.95. The van der Waals surface area contributed by atoms with Gasteiger partial charge in [-0.15, -0.1) is 0 Å². The van der Waals surface area contributed by atoms with Crippen molar-refractivity contribution in [1.82, 2.24) is 4.98 Å². The molecule has 21 heavy (non-hydrogen) atoms. The van der Waals surface area contributed by atoms with Crippen molar-refractivity contribution in [3.63, 3.8) is 0 Å². The molecule has 1 aromatic carbocycles. The van der Waals surface area contributed by atoms with Gasteiger partial charge in [-0.3, -0.25) is 10.1 Å². The van der Waals surface area contributed by atoms with Gasteiger partial charge in [-0.05, 0) is 48.6 Å². The van der Waals surface area contributed by atoms with Gasteiger partial charge in [0.15, 0.2) is 0 Å². The molecular formula is C15H16N4O2. The zero-order valence-electron chi connectivity index (χ0n) is 11.7. The van der Waals surface area contributed by atoms with Gasteiger partial charge in [0.2, 0.25) is 5.82 Å². The highest BCUT2D eigenvalue weighted by atomic mass is 16.6. The minimum atomic E-state index is -0.428. The molecule has 2 N–H and O–H groups in total. The summed E-state index contributed by atoms with van der Waals surface area (Å²) in [5.41, 5.74) is 3.48. The predicted molar refractivity (Wildman–Crippen MR) is 82.2 cm³/mol. The van der Waals surface area contributed by atoms with Gasteiger partial charge in [-0.25, -0.2) is 4.98 Å². The van der Waals surface area contributed by atoms with E-state index in [4.69, 9.17) is 0 Å². The normalized spacial score (nSPS) is 12.8. The van der Waals surface area contributed by atoms with Crippen LogP contribution in [0.4, 0.5) is 23.0 Å². The Hall–Kier alpha value is -2.63. The van der Waals surface area contributed by atoms with E-state index in [1.165, 1.54) is 23.6 Å². The van der Waals surface area contributed by atoms with E-state index in [-0.39, 0.29) is 11.5 Å². The third-order valence-electron chi connectivity index (χ3n) is 3.69. The second kappa shape index (κ2) is 5.40. The van der Waals surface area contributed by atoms with E-state index in [2.05, 4.69) is 27.8 Å². The number of aromatic nitrogens is 1. The number of nitro groups is 1. The molecule has 0 amide bonds. The van der Waals surface area contributed by atoms with Gasteiger partial charge in [-0.1, -0.05) is 6.07 Å². The van der Waals surface area contributed by atoms with E-state index < -0.39 is 4.92 Å². The van der Waals surface area contributed by atoms with E-state index >= 15 is 0 Å². The maximum absolute atomic E-state index is 11.1. The topological polar surface area (TPSA) is 80.1 Å². The fourth-order valence-electron chi connectivity index (χ4n) is 2.62. The van der Waals surface area contributed by atoms with Gasteiger partial charge in [0.05, 0.1) is 4.92 Å². The smallest absolute Gasteiger partial charge is 0.311 e. The highest BCUT2D eigenvalue weighted by Crippen LogP contribution is 2.30. The number of nitrogens with one attached hydrogen (secondary N) is 2. The standard InChI is InChI=1S/C15H16N4O2/c1-16-14-8-7-13(19(20)21)15(18-14)17-12-6-5-10-3-2-4-11(10)9-12/h5-9H,2-4H2,1H3,(H2,16,17,18). The lowest BCUT2D eigenvalue weighted by Crippen LogP contribution is -2.02. The molecule has 0 radical (unpaired) electrons. The van der Waals surface area contributed by atoms with Crippen molar-refractivity contribution >= 4 is 23.0 Å². The number of aryl methyl sites for hydroxylation is 2. The van der Waals surface area contributed by atoms with Crippen LogP contribution in [0.1, 0.15) is 17.5 Å². The van der Waals surface area contributed by atoms with Gasteiger partial charge in [0, 0.05) is 18.8 Å². The summed E-state index contributed by atoms with van der Waals surface area (Å²) in [6.45, 7) is 0. The van der Waals surface area contributed by atoms with E-state index in [0.717, 1.165) is 18.5 Å². The van der Waals surface area contributed by atoms with Crippen LogP contribution in [0, 0.1) is 10.1 Å². The van der Waals surface area contributed by atoms with E-state index in [1.807, 2.05) is 6.07 Å². The summed E-state index contributed by atoms with van der Waals surface area (Å²) in [5.74, 6) is 0.842. The van der Waals surface area contributed by atoms with Crippen molar-refractivity contribution < 1.29 is 4.92 Å². The summed E-state index contributed by atoms with van der Waals surface area (Å²) < 4.78 is 0. The van der Waals surface area contributed by atoms with Crippen molar-refractivity contribution in [3.05, 3.63) is 51.6 Å². The Kier molecular flexibility index (Phi) is 3.43. The Bertz CT molecular complexity index is 700. The molecule has 0 saturated heterocycles. The summed E-state index contributed by atoms with van der Waals surface area (Å²) in [4.78, 5) is 14.9. The molecule has 0 atom stereocenters. The molecule has 0 aliphatic heterocycles. The average molecular weight is 284 g/mol. The first-order valence-electron chi connectivity index (χ1n) is 6.89. The molecule has 1 aromatic heterocycles. The van der Waals surface area contributed by atoms with E-state index in [1.54, 1.807) is 13.1 Å². The molecule has 6 nitrogen and oxygen atoms in total. The van der Waals surface area contributed by atoms with Crippen molar-refractivity contribution in [2.45, 2.75) is 19.3 Å². The van der Waals surface area contributed by atoms with Crippen LogP contribution < -0.4 is 10.6 Å². The lowest BCUT2D eigenvalue weighted by Gasteiger charge is -2.09. The van der Waals surface area contributed by atoms with Crippen LogP contribution in [0.2, 0.25) is 0 Å². The number of anilines is 3. The molecule has 1 aliphatic carbocycles. The largest absolute Gasteiger partial charge is 0.373 e. The predicted octanol–water partition coefficient (Wildman–Crippen LogP) is 3.26. The molecular weight excluding hydrogens is 268 g/mol. The third-order valence-corrected chi connectivity index (χ3v) is 3.69. The van der Waals surface area contributed by atoms with Crippen LogP contribution in [-0.4, -0.2) is 17.0 Å². The number of hydrogen-bond acceptors (Lipinski definition) is 5. The lowest BCUT2D eigenvalue weighted by molar-refractivity contribution is -0.384. The molecule has 2 aromatic rings. The van der Waals surface area contributed by atoms with Crippen LogP contribution in [0.15, 0.2) is 30.3 Å². The van der Waals surface area contributed by atoms with Crippen molar-refractivity contribution in [3.8, 4) is 0 Å². The Labute approximate surface area is 122 Å². The number of fused-ring (bicyclic) bond motifs is 1. The van der Waals surface area contributed by atoms with Gasteiger partial charge < -0.3 is 10.6 Å². The maximum Gasteiger partial charge on any atom is 0.311 e. The van der Waals surface area contributed by atoms with Crippen LogP contribution in [0.25, 0.3) is 0 Å². The number of benzene rings is 1. The van der Waals surface area contributed by atoms with Gasteiger partial charge in [0.25, 0.3) is 0 Å². The zero-order chi connectivity index (χ0) is 14.8. The van der Waals surface area contributed by atoms with Crippen LogP contribution in [0.3, 0.4) is 0 Å². The highest BCUT2D eigenvalue weighted by Gasteiger charge is 2.17. The first-order valence-corrected chi connectivity index (χ1v) is 6.89. The number of hydrogen-bond donors (Lipinski definition) is 2. The fraction of sp³-hybridized carbons (Fsp3) is 0.267. The lowest BCUT2D eigenvalue weighted by atomic mass is 10.1. The van der Waals surface area contributed by atoms with Gasteiger partial charge in [0.1, 0.15) is 5.82 Å². The maximum atomic E-state index is 11.1. The minimum Gasteiger partial charge on any atom is -0.373 e. The molecule has 0 fully saturated rings. The molecule has 0 unspecified atom stereocenters. The average Bonchev–Trinajstić information content (AvgIpc) is 2.94. The first kappa shape index (κ1) is 13.4. The molecule has 1 aliphatic rings. The summed E-state index contributed by atoms with van der Waals surface area (Å²) in [7, 11) is 1.73. The molecule has 0 spiro atoms. The third kappa shape index (κ3) is 2.65. The van der Waals surface area contributed by atoms with Crippen molar-refractivity contribution in [1.29, 1.82) is 0 Å². The molecule has 0 saturated carbocycles. The summed E-state index contributed by atoms with van der Waals surface area (Å²) >= 11 is 0. The summed E-state index contributed by atoms with van der Waals surface area (Å²) in [6, 6.07) is 9.13. The molecule has 1 heterocycles. The monoisotopic (exact) mass is 284 g/mol. The molecule has 3 rings (SSSR count). The fourth-order valence-corrected chi connectivity index (χ4v) is 2.62. The Morgan fingerprint density at radius 3 is 2.76 bits per heavy atom. The Morgan fingerprint density at radius 2 is 2.00 bits per heavy atom. The Morgan fingerprint density at radius 1 is 1.19 bits per heavy atom. The highest BCUT2D eigenvalue weighted by molar-refractivity contribution is 5.68. The second-order valence-electron chi connectivity index (χ2n) is 5.03. The summed E-state index contributed by atoms with van der Waals surface area (Å²) in [6.07, 6.45) is 3.35. The van der Waals surface area contributed by atoms with Gasteiger partial charge >= 0.3 is 5.69 Å². The van der Waals surface area contributed by atoms with E-state index in [9.17, 15) is 10.1 Å². The molecule has 6 heteroatoms. The number of rotatable bonds is 4. The minimum absolute atomic E-state index is 0.0329. The quantitative estimate of drug-likeness (QED) is 0.665.